The highest BCUT2D eigenvalue weighted by atomic mass is 16.1. The molecule has 0 heterocycles. The van der Waals surface area contributed by atoms with Gasteiger partial charge in [0.15, 0.2) is 0 Å². The first-order chi connectivity index (χ1) is 5.86. The van der Waals surface area contributed by atoms with Gasteiger partial charge in [0.1, 0.15) is 0 Å². The van der Waals surface area contributed by atoms with Crippen molar-refractivity contribution >= 4 is 6.29 Å². The predicted molar refractivity (Wildman–Crippen MR) is 48.4 cm³/mol. The van der Waals surface area contributed by atoms with Crippen LogP contribution in [0.4, 0.5) is 0 Å². The van der Waals surface area contributed by atoms with Crippen molar-refractivity contribution < 1.29 is 4.79 Å². The molecule has 2 nitrogen and oxygen atoms in total. The van der Waals surface area contributed by atoms with Crippen LogP contribution in [0.25, 0.3) is 0 Å². The molecule has 1 aromatic rings. The van der Waals surface area contributed by atoms with Crippen LogP contribution in [0.2, 0.25) is 0 Å². The summed E-state index contributed by atoms with van der Waals surface area (Å²) >= 11 is 0. The van der Waals surface area contributed by atoms with Crippen LogP contribution >= 0.6 is 0 Å². The third kappa shape index (κ3) is 2.47. The van der Waals surface area contributed by atoms with Gasteiger partial charge in [-0.1, -0.05) is 30.3 Å². The van der Waals surface area contributed by atoms with E-state index in [1.165, 1.54) is 0 Å². The predicted octanol–water partition coefficient (Wildman–Crippen LogP) is 0.914. The number of benzene rings is 1. The monoisotopic (exact) mass is 162 g/mol. The van der Waals surface area contributed by atoms with E-state index >= 15 is 0 Å². The van der Waals surface area contributed by atoms with Crippen LogP contribution in [0.15, 0.2) is 30.3 Å². The fraction of sp³-hybridized carbons (Fsp3) is 0.300. The molecule has 0 aromatic heterocycles. The standard InChI is InChI=1S/C10H12NO/c11-7-10(8-12)6-9-4-2-1-3-5-9/h1-5,10H,6-7,11H2. The SMILES string of the molecule is NCC([C]=O)Cc1ccccc1. The van der Waals surface area contributed by atoms with Gasteiger partial charge in [0, 0.05) is 12.5 Å². The lowest BCUT2D eigenvalue weighted by Gasteiger charge is -2.04. The van der Waals surface area contributed by atoms with Crippen molar-refractivity contribution in [3.63, 3.8) is 0 Å². The van der Waals surface area contributed by atoms with Gasteiger partial charge in [-0.25, -0.2) is 0 Å². The average Bonchev–Trinajstić information content (AvgIpc) is 2.16. The highest BCUT2D eigenvalue weighted by Gasteiger charge is 2.05. The zero-order chi connectivity index (χ0) is 8.81. The van der Waals surface area contributed by atoms with E-state index in [1.54, 1.807) is 0 Å². The molecule has 12 heavy (non-hydrogen) atoms. The molecule has 63 valence electrons. The van der Waals surface area contributed by atoms with Gasteiger partial charge in [-0.05, 0) is 12.0 Å². The Morgan fingerprint density at radius 3 is 2.50 bits per heavy atom. The van der Waals surface area contributed by atoms with E-state index in [-0.39, 0.29) is 5.92 Å². The van der Waals surface area contributed by atoms with Crippen molar-refractivity contribution in [2.45, 2.75) is 6.42 Å². The Labute approximate surface area is 72.4 Å². The second-order valence-corrected chi connectivity index (χ2v) is 2.74. The third-order valence-electron chi connectivity index (χ3n) is 1.78. The minimum absolute atomic E-state index is 0.160. The minimum Gasteiger partial charge on any atom is -0.330 e. The Morgan fingerprint density at radius 2 is 2.00 bits per heavy atom. The summed E-state index contributed by atoms with van der Waals surface area (Å²) in [5.74, 6) is -0.160. The molecule has 2 N–H and O–H groups in total. The third-order valence-corrected chi connectivity index (χ3v) is 1.78. The number of nitrogens with two attached hydrogens (primary N) is 1. The number of hydrogen-bond donors (Lipinski definition) is 1. The fourth-order valence-corrected chi connectivity index (χ4v) is 1.07. The van der Waals surface area contributed by atoms with E-state index in [0.717, 1.165) is 5.56 Å². The first-order valence-electron chi connectivity index (χ1n) is 3.98. The smallest absolute Gasteiger partial charge is 0.203 e. The first kappa shape index (κ1) is 8.94. The topological polar surface area (TPSA) is 43.1 Å². The van der Waals surface area contributed by atoms with Crippen LogP contribution in [0.1, 0.15) is 5.56 Å². The lowest BCUT2D eigenvalue weighted by Crippen LogP contribution is -2.17. The molecule has 0 aliphatic rings. The van der Waals surface area contributed by atoms with Crippen molar-refractivity contribution in [3.8, 4) is 0 Å². The Hall–Kier alpha value is -1.15. The van der Waals surface area contributed by atoms with Crippen molar-refractivity contribution in [3.05, 3.63) is 35.9 Å². The fourth-order valence-electron chi connectivity index (χ4n) is 1.07. The van der Waals surface area contributed by atoms with Crippen LogP contribution in [0, 0.1) is 5.92 Å². The van der Waals surface area contributed by atoms with Gasteiger partial charge in [0.05, 0.1) is 0 Å². The lowest BCUT2D eigenvalue weighted by atomic mass is 10.0. The summed E-state index contributed by atoms with van der Waals surface area (Å²) in [6.45, 7) is 0.373. The molecule has 0 amide bonds. The lowest BCUT2D eigenvalue weighted by molar-refractivity contribution is 0.520. The average molecular weight is 162 g/mol. The van der Waals surface area contributed by atoms with Crippen molar-refractivity contribution in [2.24, 2.45) is 11.7 Å². The van der Waals surface area contributed by atoms with Gasteiger partial charge in [-0.2, -0.15) is 0 Å². The Bertz CT molecular complexity index is 233. The van der Waals surface area contributed by atoms with Crippen molar-refractivity contribution in [1.29, 1.82) is 0 Å². The molecule has 0 bridgehead atoms. The highest BCUT2D eigenvalue weighted by Crippen LogP contribution is 2.05. The van der Waals surface area contributed by atoms with Gasteiger partial charge in [0.2, 0.25) is 6.29 Å². The largest absolute Gasteiger partial charge is 0.330 e. The van der Waals surface area contributed by atoms with Crippen LogP contribution in [-0.2, 0) is 11.2 Å². The van der Waals surface area contributed by atoms with E-state index in [4.69, 9.17) is 5.73 Å². The Morgan fingerprint density at radius 1 is 1.33 bits per heavy atom. The number of hydrogen-bond acceptors (Lipinski definition) is 2. The molecule has 0 fully saturated rings. The van der Waals surface area contributed by atoms with E-state index in [0.29, 0.717) is 13.0 Å². The molecule has 1 rings (SSSR count). The van der Waals surface area contributed by atoms with Gasteiger partial charge >= 0.3 is 0 Å². The molecule has 2 heteroatoms. The second-order valence-electron chi connectivity index (χ2n) is 2.74. The maximum atomic E-state index is 10.3. The number of carbonyl (C=O) groups excluding carboxylic acids is 1. The summed E-state index contributed by atoms with van der Waals surface area (Å²) in [7, 11) is 0. The summed E-state index contributed by atoms with van der Waals surface area (Å²) in [6.07, 6.45) is 2.62. The number of rotatable bonds is 4. The Balaban J connectivity index is 2.56. The van der Waals surface area contributed by atoms with E-state index < -0.39 is 0 Å². The van der Waals surface area contributed by atoms with Gasteiger partial charge in [0.25, 0.3) is 0 Å². The molecule has 0 aliphatic heterocycles. The normalized spacial score (nSPS) is 12.4. The first-order valence-corrected chi connectivity index (χ1v) is 3.98. The summed E-state index contributed by atoms with van der Waals surface area (Å²) in [5.41, 5.74) is 6.50. The zero-order valence-electron chi connectivity index (χ0n) is 6.86. The molecule has 1 radical (unpaired) electrons. The molecule has 0 aliphatic carbocycles. The molecular weight excluding hydrogens is 150 g/mol. The zero-order valence-corrected chi connectivity index (χ0v) is 6.86. The maximum Gasteiger partial charge on any atom is 0.203 e. The quantitative estimate of drug-likeness (QED) is 0.715. The summed E-state index contributed by atoms with van der Waals surface area (Å²) in [6, 6.07) is 9.83. The maximum absolute atomic E-state index is 10.3. The van der Waals surface area contributed by atoms with Crippen LogP contribution in [-0.4, -0.2) is 12.8 Å². The molecule has 1 unspecified atom stereocenters. The molecule has 0 saturated carbocycles. The summed E-state index contributed by atoms with van der Waals surface area (Å²) in [5, 5.41) is 0. The molecule has 0 saturated heterocycles. The summed E-state index contributed by atoms with van der Waals surface area (Å²) < 4.78 is 0. The summed E-state index contributed by atoms with van der Waals surface area (Å²) in [4.78, 5) is 10.3. The van der Waals surface area contributed by atoms with Gasteiger partial charge < -0.3 is 5.73 Å². The van der Waals surface area contributed by atoms with E-state index in [1.807, 2.05) is 36.6 Å². The van der Waals surface area contributed by atoms with Gasteiger partial charge in [-0.3, -0.25) is 4.79 Å². The van der Waals surface area contributed by atoms with Crippen LogP contribution < -0.4 is 5.73 Å². The Kier molecular flexibility index (Phi) is 3.48. The second kappa shape index (κ2) is 4.67. The van der Waals surface area contributed by atoms with Crippen molar-refractivity contribution in [2.75, 3.05) is 6.54 Å². The molecule has 0 spiro atoms. The molecule has 1 aromatic carbocycles. The van der Waals surface area contributed by atoms with Crippen molar-refractivity contribution in [1.82, 2.24) is 0 Å². The highest BCUT2D eigenvalue weighted by molar-refractivity contribution is 5.55. The van der Waals surface area contributed by atoms with Gasteiger partial charge in [-0.15, -0.1) is 0 Å². The molecular formula is C10H12NO. The van der Waals surface area contributed by atoms with E-state index in [9.17, 15) is 4.79 Å². The van der Waals surface area contributed by atoms with Crippen LogP contribution in [0.5, 0.6) is 0 Å². The molecule has 1 atom stereocenters. The van der Waals surface area contributed by atoms with E-state index in [2.05, 4.69) is 0 Å². The minimum atomic E-state index is -0.160. The van der Waals surface area contributed by atoms with Crippen LogP contribution in [0.3, 0.4) is 0 Å².